The van der Waals surface area contributed by atoms with Crippen molar-refractivity contribution in [3.05, 3.63) is 122 Å². The molecule has 0 N–H and O–H groups in total. The Balaban J connectivity index is 4.45. The van der Waals surface area contributed by atoms with Crippen LogP contribution in [-0.4, -0.2) is 37.2 Å². The van der Waals surface area contributed by atoms with Gasteiger partial charge in [0.1, 0.15) is 13.2 Å². The van der Waals surface area contributed by atoms with Crippen LogP contribution in [0.1, 0.15) is 233 Å². The quantitative estimate of drug-likeness (QED) is 0.0262. The number of unbranched alkanes of at least 4 members (excludes halogenated alkanes) is 17. The number of carbonyl (C=O) groups is 3. The average Bonchev–Trinajstić information content (AvgIpc) is 3.34. The Labute approximate surface area is 418 Å². The minimum atomic E-state index is -0.805. The van der Waals surface area contributed by atoms with Crippen molar-refractivity contribution in [2.24, 2.45) is 0 Å². The molecule has 0 spiro atoms. The number of ether oxygens (including phenoxy) is 3. The van der Waals surface area contributed by atoms with E-state index < -0.39 is 6.10 Å². The molecule has 1 atom stereocenters. The summed E-state index contributed by atoms with van der Waals surface area (Å²) in [5, 5.41) is 0. The lowest BCUT2D eigenvalue weighted by Crippen LogP contribution is -2.30. The molecule has 0 aromatic heterocycles. The van der Waals surface area contributed by atoms with Crippen molar-refractivity contribution in [3.8, 4) is 0 Å². The van der Waals surface area contributed by atoms with Crippen molar-refractivity contribution < 1.29 is 28.6 Å². The molecule has 0 aliphatic carbocycles. The zero-order chi connectivity index (χ0) is 49.3. The van der Waals surface area contributed by atoms with Gasteiger partial charge in [0.05, 0.1) is 0 Å². The van der Waals surface area contributed by atoms with Gasteiger partial charge in [-0.15, -0.1) is 0 Å². The molecule has 0 rings (SSSR count). The Kier molecular flexibility index (Phi) is 52.0. The summed E-state index contributed by atoms with van der Waals surface area (Å²) in [5.74, 6) is -0.961. The Hall–Kier alpha value is -4.19. The van der Waals surface area contributed by atoms with Gasteiger partial charge in [-0.25, -0.2) is 0 Å². The molecule has 0 saturated carbocycles. The predicted octanol–water partition coefficient (Wildman–Crippen LogP) is 18.5. The van der Waals surface area contributed by atoms with Crippen LogP contribution in [0.4, 0.5) is 0 Å². The Bertz CT molecular complexity index is 1450. The number of hydrogen-bond donors (Lipinski definition) is 0. The lowest BCUT2D eigenvalue weighted by Gasteiger charge is -2.18. The van der Waals surface area contributed by atoms with Crippen molar-refractivity contribution in [2.75, 3.05) is 13.2 Å². The molecular weight excluding hydrogens is 841 g/mol. The number of rotatable bonds is 48. The molecule has 0 amide bonds. The number of allylic oxidation sites excluding steroid dienone is 20. The standard InChI is InChI=1S/C62H100O6/c1-4-7-10-13-16-19-22-25-27-28-29-30-31-32-33-34-35-38-40-43-46-49-52-55-61(64)67-58-59(57-66-60(63)54-51-48-45-42-39-36-24-21-18-15-12-9-6-3)68-62(65)56-53-50-47-44-41-37-26-23-20-17-14-11-8-5-2/h7,10,12,14-17,19,21,23-27,29-30,32-33,35,38,59H,4-6,8-9,11,13,18,20,22,28,31,34,36-37,39-58H2,1-3H3/b10-7-,15-12-,17-14-,19-16-,24-21-,26-23-,27-25-,30-29-,33-32-,38-35-. The van der Waals surface area contributed by atoms with E-state index in [1.807, 2.05) is 0 Å². The van der Waals surface area contributed by atoms with Crippen molar-refractivity contribution in [3.63, 3.8) is 0 Å². The summed E-state index contributed by atoms with van der Waals surface area (Å²) in [7, 11) is 0. The van der Waals surface area contributed by atoms with Crippen LogP contribution in [0.5, 0.6) is 0 Å². The third kappa shape index (κ3) is 52.8. The predicted molar refractivity (Wildman–Crippen MR) is 293 cm³/mol. The number of carbonyl (C=O) groups excluding carboxylic acids is 3. The second-order valence-electron chi connectivity index (χ2n) is 17.7. The van der Waals surface area contributed by atoms with Gasteiger partial charge < -0.3 is 14.2 Å². The Morgan fingerprint density at radius 3 is 0.956 bits per heavy atom. The van der Waals surface area contributed by atoms with Gasteiger partial charge in [-0.05, 0) is 122 Å². The second-order valence-corrected chi connectivity index (χ2v) is 17.7. The van der Waals surface area contributed by atoms with Crippen LogP contribution in [0.3, 0.4) is 0 Å². The highest BCUT2D eigenvalue weighted by atomic mass is 16.6. The maximum Gasteiger partial charge on any atom is 0.306 e. The summed E-state index contributed by atoms with van der Waals surface area (Å²) in [4.78, 5) is 38.1. The molecular formula is C62H100O6. The maximum atomic E-state index is 12.8. The number of esters is 3. The maximum absolute atomic E-state index is 12.8. The van der Waals surface area contributed by atoms with Crippen molar-refractivity contribution >= 4 is 17.9 Å². The summed E-state index contributed by atoms with van der Waals surface area (Å²) in [6.07, 6.45) is 76.1. The first-order chi connectivity index (χ1) is 33.5. The Morgan fingerprint density at radius 1 is 0.309 bits per heavy atom. The van der Waals surface area contributed by atoms with Gasteiger partial charge in [-0.2, -0.15) is 0 Å². The zero-order valence-electron chi connectivity index (χ0n) is 43.8. The van der Waals surface area contributed by atoms with E-state index in [1.165, 1.54) is 25.7 Å². The Morgan fingerprint density at radius 2 is 0.603 bits per heavy atom. The third-order valence-corrected chi connectivity index (χ3v) is 11.2. The molecule has 0 aliphatic rings. The lowest BCUT2D eigenvalue weighted by molar-refractivity contribution is -0.167. The van der Waals surface area contributed by atoms with E-state index in [4.69, 9.17) is 14.2 Å². The fraction of sp³-hybridized carbons (Fsp3) is 0.629. The van der Waals surface area contributed by atoms with Crippen LogP contribution in [-0.2, 0) is 28.6 Å². The van der Waals surface area contributed by atoms with Gasteiger partial charge in [-0.3, -0.25) is 14.4 Å². The first kappa shape index (κ1) is 63.8. The molecule has 384 valence electrons. The van der Waals surface area contributed by atoms with E-state index >= 15 is 0 Å². The van der Waals surface area contributed by atoms with Crippen LogP contribution in [0.25, 0.3) is 0 Å². The van der Waals surface area contributed by atoms with Gasteiger partial charge in [-0.1, -0.05) is 213 Å². The summed E-state index contributed by atoms with van der Waals surface area (Å²) >= 11 is 0. The van der Waals surface area contributed by atoms with Crippen molar-refractivity contribution in [2.45, 2.75) is 239 Å². The molecule has 0 radical (unpaired) electrons. The van der Waals surface area contributed by atoms with Crippen LogP contribution >= 0.6 is 0 Å². The highest BCUT2D eigenvalue weighted by Gasteiger charge is 2.19. The molecule has 68 heavy (non-hydrogen) atoms. The molecule has 6 heteroatoms. The molecule has 0 aromatic rings. The summed E-state index contributed by atoms with van der Waals surface area (Å²) in [6.45, 7) is 6.36. The minimum Gasteiger partial charge on any atom is -0.462 e. The normalized spacial score (nSPS) is 13.0. The smallest absolute Gasteiger partial charge is 0.306 e. The summed E-state index contributed by atoms with van der Waals surface area (Å²) < 4.78 is 16.8. The SMILES string of the molecule is CC/C=C\C/C=C\C/C=C\C/C=C\C/C=C\C/C=C\CCCCCCC(=O)OCC(COC(=O)CCCCCCC/C=C\C/C=C\CCC)OC(=O)CCCCCCC/C=C\C/C=C\CCCC. The molecule has 0 aromatic carbocycles. The monoisotopic (exact) mass is 941 g/mol. The van der Waals surface area contributed by atoms with Gasteiger partial charge in [0.15, 0.2) is 6.10 Å². The third-order valence-electron chi connectivity index (χ3n) is 11.2. The number of hydrogen-bond acceptors (Lipinski definition) is 6. The first-order valence-electron chi connectivity index (χ1n) is 27.5. The zero-order valence-corrected chi connectivity index (χ0v) is 43.8. The van der Waals surface area contributed by atoms with E-state index in [0.29, 0.717) is 19.3 Å². The molecule has 0 aliphatic heterocycles. The average molecular weight is 941 g/mol. The van der Waals surface area contributed by atoms with E-state index in [0.717, 1.165) is 167 Å². The van der Waals surface area contributed by atoms with Crippen molar-refractivity contribution in [1.29, 1.82) is 0 Å². The van der Waals surface area contributed by atoms with Gasteiger partial charge in [0, 0.05) is 19.3 Å². The fourth-order valence-corrected chi connectivity index (χ4v) is 7.03. The van der Waals surface area contributed by atoms with E-state index in [9.17, 15) is 14.4 Å². The lowest BCUT2D eigenvalue weighted by atomic mass is 10.1. The van der Waals surface area contributed by atoms with Crippen molar-refractivity contribution in [1.82, 2.24) is 0 Å². The topological polar surface area (TPSA) is 78.9 Å². The summed E-state index contributed by atoms with van der Waals surface area (Å²) in [6, 6.07) is 0. The van der Waals surface area contributed by atoms with Gasteiger partial charge in [0.2, 0.25) is 0 Å². The fourth-order valence-electron chi connectivity index (χ4n) is 7.03. The highest BCUT2D eigenvalue weighted by Crippen LogP contribution is 2.13. The molecule has 0 bridgehead atoms. The molecule has 1 unspecified atom stereocenters. The van der Waals surface area contributed by atoms with Gasteiger partial charge >= 0.3 is 17.9 Å². The molecule has 6 nitrogen and oxygen atoms in total. The van der Waals surface area contributed by atoms with Crippen LogP contribution < -0.4 is 0 Å². The molecule has 0 saturated heterocycles. The van der Waals surface area contributed by atoms with E-state index in [-0.39, 0.29) is 31.1 Å². The van der Waals surface area contributed by atoms with Gasteiger partial charge in [0.25, 0.3) is 0 Å². The second kappa shape index (κ2) is 55.4. The van der Waals surface area contributed by atoms with Crippen LogP contribution in [0.15, 0.2) is 122 Å². The van der Waals surface area contributed by atoms with E-state index in [1.54, 1.807) is 0 Å². The highest BCUT2D eigenvalue weighted by molar-refractivity contribution is 5.71. The largest absolute Gasteiger partial charge is 0.462 e. The first-order valence-corrected chi connectivity index (χ1v) is 27.5. The molecule has 0 fully saturated rings. The van der Waals surface area contributed by atoms with Crippen LogP contribution in [0, 0.1) is 0 Å². The van der Waals surface area contributed by atoms with Crippen LogP contribution in [0.2, 0.25) is 0 Å². The molecule has 0 heterocycles. The minimum absolute atomic E-state index is 0.103. The van der Waals surface area contributed by atoms with E-state index in [2.05, 4.69) is 142 Å². The summed E-state index contributed by atoms with van der Waals surface area (Å²) in [5.41, 5.74) is 0.